The maximum absolute atomic E-state index is 13.1. The van der Waals surface area contributed by atoms with Crippen molar-refractivity contribution >= 4 is 37.0 Å². The zero-order chi connectivity index (χ0) is 21.2. The van der Waals surface area contributed by atoms with Crippen LogP contribution in [0.4, 0.5) is 0 Å². The number of carbonyl (C=O) groups excluding carboxylic acids is 1. The average Bonchev–Trinajstić information content (AvgIpc) is 3.20. The number of carbonyl (C=O) groups is 1. The second-order valence-corrected chi connectivity index (χ2v) is 12.3. The quantitative estimate of drug-likeness (QED) is 0.515. The fourth-order valence-electron chi connectivity index (χ4n) is 3.68. The normalized spacial score (nSPS) is 16.8. The molecule has 1 fully saturated rings. The Bertz CT molecular complexity index is 1240. The minimum absolute atomic E-state index is 0.0124. The third-order valence-corrected chi connectivity index (χ3v) is 10.8. The maximum Gasteiger partial charge on any atom is 0.306 e. The first kappa shape index (κ1) is 20.6. The SMILES string of the molecule is N#Cc1ccc(S(=O)(=O)OS2(CC(=O)c3ccc4ccccc4c3)CCCC2)cc1. The first-order valence-corrected chi connectivity index (χ1v) is 13.1. The van der Waals surface area contributed by atoms with Gasteiger partial charge in [-0.25, -0.2) is 3.63 Å². The summed E-state index contributed by atoms with van der Waals surface area (Å²) in [4.78, 5) is 13.1. The molecular weight excluding hydrogens is 418 g/mol. The van der Waals surface area contributed by atoms with Crippen LogP contribution in [0.5, 0.6) is 0 Å². The van der Waals surface area contributed by atoms with Gasteiger partial charge < -0.3 is 0 Å². The van der Waals surface area contributed by atoms with Gasteiger partial charge in [0.1, 0.15) is 0 Å². The Morgan fingerprint density at radius 1 is 0.967 bits per heavy atom. The molecular formula is C23H21NO4S2. The lowest BCUT2D eigenvalue weighted by atomic mass is 10.1. The van der Waals surface area contributed by atoms with Gasteiger partial charge in [-0.3, -0.25) is 4.79 Å². The Hall–Kier alpha value is -2.66. The summed E-state index contributed by atoms with van der Waals surface area (Å²) >= 11 is 0. The molecule has 0 bridgehead atoms. The van der Waals surface area contributed by atoms with Crippen molar-refractivity contribution in [1.29, 1.82) is 5.26 Å². The number of ketones is 1. The second-order valence-electron chi connectivity index (χ2n) is 7.37. The Kier molecular flexibility index (Phi) is 5.65. The topological polar surface area (TPSA) is 84.2 Å². The van der Waals surface area contributed by atoms with Crippen LogP contribution in [-0.2, 0) is 13.7 Å². The fraction of sp³-hybridized carbons (Fsp3) is 0.217. The molecule has 7 heteroatoms. The summed E-state index contributed by atoms with van der Waals surface area (Å²) in [6.45, 7) is 0. The van der Waals surface area contributed by atoms with Gasteiger partial charge in [0.25, 0.3) is 0 Å². The van der Waals surface area contributed by atoms with Crippen molar-refractivity contribution < 1.29 is 16.8 Å². The molecule has 3 aromatic carbocycles. The summed E-state index contributed by atoms with van der Waals surface area (Å²) < 4.78 is 31.6. The van der Waals surface area contributed by atoms with Crippen molar-refractivity contribution in [3.8, 4) is 6.07 Å². The molecule has 0 amide bonds. The van der Waals surface area contributed by atoms with E-state index in [-0.39, 0.29) is 16.4 Å². The molecule has 0 spiro atoms. The predicted octanol–water partition coefficient (Wildman–Crippen LogP) is 4.81. The summed E-state index contributed by atoms with van der Waals surface area (Å²) in [6, 6.07) is 21.0. The molecule has 1 heterocycles. The number of hydrogen-bond acceptors (Lipinski definition) is 5. The van der Waals surface area contributed by atoms with Crippen LogP contribution in [0.3, 0.4) is 0 Å². The Morgan fingerprint density at radius 3 is 2.30 bits per heavy atom. The van der Waals surface area contributed by atoms with E-state index in [4.69, 9.17) is 8.89 Å². The molecule has 0 aliphatic carbocycles. The van der Waals surface area contributed by atoms with Gasteiger partial charge >= 0.3 is 10.1 Å². The fourth-order valence-corrected chi connectivity index (χ4v) is 9.32. The van der Waals surface area contributed by atoms with E-state index in [9.17, 15) is 13.2 Å². The van der Waals surface area contributed by atoms with E-state index in [0.717, 1.165) is 23.6 Å². The van der Waals surface area contributed by atoms with Gasteiger partial charge in [0.2, 0.25) is 0 Å². The van der Waals surface area contributed by atoms with Crippen LogP contribution in [0.15, 0.2) is 71.6 Å². The largest absolute Gasteiger partial charge is 0.306 e. The first-order chi connectivity index (χ1) is 14.4. The Balaban J connectivity index is 1.58. The van der Waals surface area contributed by atoms with Gasteiger partial charge in [0.15, 0.2) is 5.78 Å². The highest BCUT2D eigenvalue weighted by Crippen LogP contribution is 2.57. The van der Waals surface area contributed by atoms with Gasteiger partial charge in [-0.05, 0) is 53.9 Å². The predicted molar refractivity (Wildman–Crippen MR) is 119 cm³/mol. The monoisotopic (exact) mass is 439 g/mol. The van der Waals surface area contributed by atoms with Crippen molar-refractivity contribution in [2.75, 3.05) is 17.3 Å². The molecule has 0 N–H and O–H groups in total. The summed E-state index contributed by atoms with van der Waals surface area (Å²) in [6.07, 6.45) is 1.70. The Labute approximate surface area is 177 Å². The van der Waals surface area contributed by atoms with Crippen LogP contribution in [-0.4, -0.2) is 31.5 Å². The van der Waals surface area contributed by atoms with Gasteiger partial charge in [0, 0.05) is 17.1 Å². The van der Waals surface area contributed by atoms with Crippen LogP contribution in [0, 0.1) is 11.3 Å². The molecule has 0 atom stereocenters. The summed E-state index contributed by atoms with van der Waals surface area (Å²) in [5, 5.41) is 10.9. The van der Waals surface area contributed by atoms with Crippen molar-refractivity contribution in [1.82, 2.24) is 0 Å². The van der Waals surface area contributed by atoms with E-state index >= 15 is 0 Å². The number of nitrogens with zero attached hydrogens (tertiary/aromatic N) is 1. The highest BCUT2D eigenvalue weighted by Gasteiger charge is 2.37. The summed E-state index contributed by atoms with van der Waals surface area (Å²) in [5.74, 6) is 1.21. The van der Waals surface area contributed by atoms with Crippen LogP contribution < -0.4 is 0 Å². The zero-order valence-electron chi connectivity index (χ0n) is 16.3. The molecule has 1 aliphatic rings. The summed E-state index contributed by atoms with van der Waals surface area (Å²) in [5.41, 5.74) is 0.954. The minimum Gasteiger partial charge on any atom is -0.293 e. The molecule has 4 rings (SSSR count). The van der Waals surface area contributed by atoms with E-state index in [1.54, 1.807) is 6.07 Å². The lowest BCUT2D eigenvalue weighted by Gasteiger charge is -2.33. The van der Waals surface area contributed by atoms with Gasteiger partial charge in [-0.1, -0.05) is 36.4 Å². The third-order valence-electron chi connectivity index (χ3n) is 5.25. The van der Waals surface area contributed by atoms with Crippen molar-refractivity contribution in [3.05, 3.63) is 77.9 Å². The van der Waals surface area contributed by atoms with Crippen molar-refractivity contribution in [2.45, 2.75) is 17.7 Å². The summed E-state index contributed by atoms with van der Waals surface area (Å²) in [7, 11) is -6.10. The van der Waals surface area contributed by atoms with E-state index in [2.05, 4.69) is 0 Å². The molecule has 5 nitrogen and oxygen atoms in total. The molecule has 154 valence electrons. The number of hydrogen-bond donors (Lipinski definition) is 0. The second kappa shape index (κ2) is 8.23. The lowest BCUT2D eigenvalue weighted by Crippen LogP contribution is -2.21. The third kappa shape index (κ3) is 4.26. The smallest absolute Gasteiger partial charge is 0.293 e. The van der Waals surface area contributed by atoms with Crippen LogP contribution in [0.2, 0.25) is 0 Å². The van der Waals surface area contributed by atoms with E-state index in [0.29, 0.717) is 22.6 Å². The number of fused-ring (bicyclic) bond motifs is 1. The standard InChI is InChI=1S/C23H21NO4S2/c24-16-18-7-11-22(12-8-18)30(26,27)28-29(13-3-4-14-29)17-23(25)21-10-9-19-5-1-2-6-20(19)15-21/h1-2,5-12,15H,3-4,13-14,17H2. The van der Waals surface area contributed by atoms with Crippen molar-refractivity contribution in [2.24, 2.45) is 0 Å². The number of nitriles is 1. The van der Waals surface area contributed by atoms with E-state index < -0.39 is 20.4 Å². The molecule has 0 radical (unpaired) electrons. The molecule has 1 saturated heterocycles. The molecule has 0 unspecified atom stereocenters. The van der Waals surface area contributed by atoms with Crippen LogP contribution in [0.1, 0.15) is 28.8 Å². The Morgan fingerprint density at radius 2 is 1.63 bits per heavy atom. The van der Waals surface area contributed by atoms with Gasteiger partial charge in [-0.2, -0.15) is 13.7 Å². The highest BCUT2D eigenvalue weighted by atomic mass is 32.3. The number of rotatable bonds is 6. The minimum atomic E-state index is -4.01. The van der Waals surface area contributed by atoms with Gasteiger partial charge in [-0.15, -0.1) is 10.3 Å². The molecule has 30 heavy (non-hydrogen) atoms. The zero-order valence-corrected chi connectivity index (χ0v) is 17.9. The van der Waals surface area contributed by atoms with Crippen LogP contribution >= 0.6 is 10.3 Å². The van der Waals surface area contributed by atoms with Crippen molar-refractivity contribution in [3.63, 3.8) is 0 Å². The lowest BCUT2D eigenvalue weighted by molar-refractivity contribution is 0.102. The highest BCUT2D eigenvalue weighted by molar-refractivity contribution is 8.33. The van der Waals surface area contributed by atoms with Gasteiger partial charge in [0.05, 0.1) is 22.3 Å². The first-order valence-electron chi connectivity index (χ1n) is 9.65. The number of benzene rings is 3. The average molecular weight is 440 g/mol. The maximum atomic E-state index is 13.1. The molecule has 0 saturated carbocycles. The molecule has 3 aromatic rings. The molecule has 0 aromatic heterocycles. The number of Topliss-reactive ketones (excluding diaryl/α,β-unsaturated/α-hetero) is 1. The van der Waals surface area contributed by atoms with E-state index in [1.165, 1.54) is 24.3 Å². The van der Waals surface area contributed by atoms with E-state index in [1.807, 2.05) is 42.5 Å². The molecule has 1 aliphatic heterocycles. The van der Waals surface area contributed by atoms with Crippen LogP contribution in [0.25, 0.3) is 10.8 Å².